The molecule has 23 heavy (non-hydrogen) atoms. The number of rotatable bonds is 7. The second-order valence-electron chi connectivity index (χ2n) is 4.85. The number of halogens is 3. The van der Waals surface area contributed by atoms with Gasteiger partial charge in [-0.1, -0.05) is 37.3 Å². The molecule has 2 aromatic rings. The third-order valence-electron chi connectivity index (χ3n) is 3.33. The zero-order valence-corrected chi connectivity index (χ0v) is 13.7. The first-order chi connectivity index (χ1) is 10.7. The molecule has 0 amide bonds. The van der Waals surface area contributed by atoms with Gasteiger partial charge in [0.25, 0.3) is 0 Å². The Morgan fingerprint density at radius 3 is 2.48 bits per heavy atom. The second-order valence-corrected chi connectivity index (χ2v) is 4.85. The minimum atomic E-state index is -0.719. The van der Waals surface area contributed by atoms with Crippen LogP contribution in [0.2, 0.25) is 0 Å². The molecular formula is C18H20ClF2NO. The first-order valence-corrected chi connectivity index (χ1v) is 7.22. The van der Waals surface area contributed by atoms with Crippen LogP contribution in [-0.2, 0) is 0 Å². The summed E-state index contributed by atoms with van der Waals surface area (Å²) in [5.41, 5.74) is 0.386. The Hall–Kier alpha value is -1.91. The van der Waals surface area contributed by atoms with E-state index >= 15 is 0 Å². The second kappa shape index (κ2) is 9.28. The number of ether oxygens (including phenoxy) is 1. The van der Waals surface area contributed by atoms with Crippen LogP contribution >= 0.6 is 12.4 Å². The smallest absolute Gasteiger partial charge is 0.198 e. The highest BCUT2D eigenvalue weighted by atomic mass is 35.5. The Morgan fingerprint density at radius 1 is 1.17 bits per heavy atom. The molecule has 0 bridgehead atoms. The molecule has 1 unspecified atom stereocenters. The normalized spacial score (nSPS) is 11.4. The summed E-state index contributed by atoms with van der Waals surface area (Å²) in [7, 11) is 0. The van der Waals surface area contributed by atoms with Crippen LogP contribution in [-0.4, -0.2) is 6.54 Å². The van der Waals surface area contributed by atoms with Crippen molar-refractivity contribution in [1.29, 1.82) is 0 Å². The molecule has 0 spiro atoms. The van der Waals surface area contributed by atoms with Crippen LogP contribution in [0.3, 0.4) is 0 Å². The van der Waals surface area contributed by atoms with Crippen LogP contribution in [0.5, 0.6) is 11.5 Å². The molecule has 2 rings (SSSR count). The Labute approximate surface area is 141 Å². The van der Waals surface area contributed by atoms with Crippen molar-refractivity contribution >= 4 is 12.4 Å². The van der Waals surface area contributed by atoms with Crippen molar-refractivity contribution in [3.63, 3.8) is 0 Å². The monoisotopic (exact) mass is 339 g/mol. The fourth-order valence-corrected chi connectivity index (χ4v) is 2.22. The van der Waals surface area contributed by atoms with Gasteiger partial charge in [-0.25, -0.2) is 8.78 Å². The largest absolute Gasteiger partial charge is 0.451 e. The van der Waals surface area contributed by atoms with Gasteiger partial charge in [-0.2, -0.15) is 0 Å². The first kappa shape index (κ1) is 19.1. The highest BCUT2D eigenvalue weighted by molar-refractivity contribution is 5.85. The third kappa shape index (κ3) is 4.78. The van der Waals surface area contributed by atoms with E-state index in [1.807, 2.05) is 13.0 Å². The maximum Gasteiger partial charge on any atom is 0.198 e. The molecule has 0 saturated carbocycles. The molecule has 1 atom stereocenters. The van der Waals surface area contributed by atoms with Crippen LogP contribution in [0.4, 0.5) is 8.78 Å². The Bertz CT molecular complexity index is 634. The summed E-state index contributed by atoms with van der Waals surface area (Å²) in [5, 5.41) is 3.15. The maximum atomic E-state index is 14.7. The van der Waals surface area contributed by atoms with Crippen LogP contribution < -0.4 is 10.1 Å². The lowest BCUT2D eigenvalue weighted by Gasteiger charge is -2.19. The summed E-state index contributed by atoms with van der Waals surface area (Å²) in [6.45, 7) is 6.11. The summed E-state index contributed by atoms with van der Waals surface area (Å²) >= 11 is 0. The molecule has 0 saturated heterocycles. The van der Waals surface area contributed by atoms with Gasteiger partial charge in [0.15, 0.2) is 17.4 Å². The molecule has 0 heterocycles. The molecule has 0 fully saturated rings. The van der Waals surface area contributed by atoms with Crippen molar-refractivity contribution < 1.29 is 13.5 Å². The van der Waals surface area contributed by atoms with E-state index in [4.69, 9.17) is 4.74 Å². The fourth-order valence-electron chi connectivity index (χ4n) is 2.22. The van der Waals surface area contributed by atoms with E-state index in [-0.39, 0.29) is 24.2 Å². The highest BCUT2D eigenvalue weighted by Gasteiger charge is 2.20. The first-order valence-electron chi connectivity index (χ1n) is 7.22. The molecule has 5 heteroatoms. The summed E-state index contributed by atoms with van der Waals surface area (Å²) < 4.78 is 34.0. The average molecular weight is 340 g/mol. The molecule has 124 valence electrons. The molecule has 1 N–H and O–H groups in total. The van der Waals surface area contributed by atoms with E-state index in [2.05, 4.69) is 11.9 Å². The van der Waals surface area contributed by atoms with E-state index < -0.39 is 11.6 Å². The number of hydrogen-bond donors (Lipinski definition) is 1. The van der Waals surface area contributed by atoms with Gasteiger partial charge in [-0.15, -0.1) is 19.0 Å². The molecule has 0 aliphatic heterocycles. The zero-order chi connectivity index (χ0) is 15.9. The summed E-state index contributed by atoms with van der Waals surface area (Å²) in [5.74, 6) is -1.37. The minimum absolute atomic E-state index is 0. The SMILES string of the molecule is C=CCNC(CC)c1ccc(F)c(Oc2ccccc2)c1F.Cl. The van der Waals surface area contributed by atoms with Gasteiger partial charge in [0.05, 0.1) is 0 Å². The molecular weight excluding hydrogens is 320 g/mol. The summed E-state index contributed by atoms with van der Waals surface area (Å²) in [4.78, 5) is 0. The number of benzene rings is 2. The van der Waals surface area contributed by atoms with Crippen molar-refractivity contribution in [2.75, 3.05) is 6.54 Å². The van der Waals surface area contributed by atoms with Crippen molar-refractivity contribution in [2.24, 2.45) is 0 Å². The Morgan fingerprint density at radius 2 is 1.87 bits per heavy atom. The highest BCUT2D eigenvalue weighted by Crippen LogP contribution is 2.32. The van der Waals surface area contributed by atoms with Gasteiger partial charge in [0.1, 0.15) is 5.75 Å². The van der Waals surface area contributed by atoms with Gasteiger partial charge in [-0.05, 0) is 24.6 Å². The van der Waals surface area contributed by atoms with Crippen LogP contribution in [0, 0.1) is 11.6 Å². The summed E-state index contributed by atoms with van der Waals surface area (Å²) in [6.07, 6.45) is 2.37. The van der Waals surface area contributed by atoms with Gasteiger partial charge in [0.2, 0.25) is 0 Å². The number of para-hydroxylation sites is 1. The lowest BCUT2D eigenvalue weighted by atomic mass is 10.0. The Kier molecular flexibility index (Phi) is 7.72. The predicted molar refractivity (Wildman–Crippen MR) is 91.4 cm³/mol. The Balaban J connectivity index is 0.00000264. The minimum Gasteiger partial charge on any atom is -0.451 e. The van der Waals surface area contributed by atoms with Gasteiger partial charge < -0.3 is 10.1 Å². The van der Waals surface area contributed by atoms with Gasteiger partial charge >= 0.3 is 0 Å². The molecule has 2 nitrogen and oxygen atoms in total. The lowest BCUT2D eigenvalue weighted by molar-refractivity contribution is 0.396. The van der Waals surface area contributed by atoms with Crippen LogP contribution in [0.25, 0.3) is 0 Å². The molecule has 2 aromatic carbocycles. The number of hydrogen-bond acceptors (Lipinski definition) is 2. The van der Waals surface area contributed by atoms with Crippen molar-refractivity contribution in [2.45, 2.75) is 19.4 Å². The lowest BCUT2D eigenvalue weighted by Crippen LogP contribution is -2.22. The van der Waals surface area contributed by atoms with Crippen molar-refractivity contribution in [1.82, 2.24) is 5.32 Å². The van der Waals surface area contributed by atoms with E-state index in [1.165, 1.54) is 12.1 Å². The third-order valence-corrected chi connectivity index (χ3v) is 3.33. The number of nitrogens with one attached hydrogen (secondary N) is 1. The topological polar surface area (TPSA) is 21.3 Å². The summed E-state index contributed by atoms with van der Waals surface area (Å²) in [6, 6.07) is 11.1. The van der Waals surface area contributed by atoms with Crippen LogP contribution in [0.1, 0.15) is 24.9 Å². The van der Waals surface area contributed by atoms with E-state index in [0.717, 1.165) is 0 Å². The van der Waals surface area contributed by atoms with Crippen molar-refractivity contribution in [3.8, 4) is 11.5 Å². The van der Waals surface area contributed by atoms with E-state index in [9.17, 15) is 8.78 Å². The maximum absolute atomic E-state index is 14.7. The van der Waals surface area contributed by atoms with E-state index in [1.54, 1.807) is 30.3 Å². The molecule has 0 radical (unpaired) electrons. The molecule has 0 aliphatic rings. The van der Waals surface area contributed by atoms with Crippen molar-refractivity contribution in [3.05, 3.63) is 72.3 Å². The van der Waals surface area contributed by atoms with Gasteiger partial charge in [-0.3, -0.25) is 0 Å². The fraction of sp³-hybridized carbons (Fsp3) is 0.222. The molecule has 0 aliphatic carbocycles. The van der Waals surface area contributed by atoms with Crippen LogP contribution in [0.15, 0.2) is 55.1 Å². The standard InChI is InChI=1S/C18H19F2NO.ClH/c1-3-12-21-16(4-2)14-10-11-15(19)18(17(14)20)22-13-8-6-5-7-9-13;/h3,5-11,16,21H,1,4,12H2,2H3;1H. The predicted octanol–water partition coefficient (Wildman–Crippen LogP) is 5.41. The molecule has 0 aromatic heterocycles. The zero-order valence-electron chi connectivity index (χ0n) is 12.9. The quantitative estimate of drug-likeness (QED) is 0.681. The average Bonchev–Trinajstić information content (AvgIpc) is 2.54. The van der Waals surface area contributed by atoms with E-state index in [0.29, 0.717) is 24.3 Å². The van der Waals surface area contributed by atoms with Gasteiger partial charge in [0, 0.05) is 18.2 Å².